The number of hydrogen-bond acceptors (Lipinski definition) is 3. The molecule has 1 heterocycles. The van der Waals surface area contributed by atoms with E-state index in [4.69, 9.17) is 0 Å². The standard InChI is InChI=1S/C14H28N2S/c1-5-7-9-12(8-6-2)16-14-15-10-13(17-14)11(3)4/h11-13H,5-10H2,1-4H3,(H,15,16). The zero-order chi connectivity index (χ0) is 12.7. The number of unbranched alkanes of at least 4 members (excludes halogenated alkanes) is 1. The lowest BCUT2D eigenvalue weighted by Crippen LogP contribution is -2.32. The molecule has 0 aromatic rings. The van der Waals surface area contributed by atoms with Gasteiger partial charge in [0, 0.05) is 11.3 Å². The average Bonchev–Trinajstić information content (AvgIpc) is 2.75. The van der Waals surface area contributed by atoms with E-state index >= 15 is 0 Å². The molecule has 2 atom stereocenters. The zero-order valence-corrected chi connectivity index (χ0v) is 12.6. The zero-order valence-electron chi connectivity index (χ0n) is 11.8. The highest BCUT2D eigenvalue weighted by Gasteiger charge is 2.23. The third kappa shape index (κ3) is 5.33. The van der Waals surface area contributed by atoms with E-state index in [1.54, 1.807) is 0 Å². The summed E-state index contributed by atoms with van der Waals surface area (Å²) in [5.41, 5.74) is 0. The van der Waals surface area contributed by atoms with Crippen LogP contribution in [0.25, 0.3) is 0 Å². The number of rotatable bonds is 7. The molecule has 17 heavy (non-hydrogen) atoms. The normalized spacial score (nSPS) is 21.7. The number of amidine groups is 1. The van der Waals surface area contributed by atoms with Crippen molar-refractivity contribution in [3.63, 3.8) is 0 Å². The maximum Gasteiger partial charge on any atom is 0.157 e. The molecule has 0 aromatic carbocycles. The van der Waals surface area contributed by atoms with Gasteiger partial charge in [0.25, 0.3) is 0 Å². The molecule has 1 aliphatic rings. The SMILES string of the molecule is CCCCC(CCC)NC1=NCC(C(C)C)S1. The Morgan fingerprint density at radius 1 is 1.29 bits per heavy atom. The van der Waals surface area contributed by atoms with E-state index < -0.39 is 0 Å². The van der Waals surface area contributed by atoms with Gasteiger partial charge in [-0.25, -0.2) is 0 Å². The van der Waals surface area contributed by atoms with Crippen LogP contribution in [0.5, 0.6) is 0 Å². The molecule has 0 fully saturated rings. The van der Waals surface area contributed by atoms with Gasteiger partial charge in [-0.05, 0) is 18.8 Å². The second kappa shape index (κ2) is 8.02. The summed E-state index contributed by atoms with van der Waals surface area (Å²) in [7, 11) is 0. The first-order chi connectivity index (χ1) is 8.17. The topological polar surface area (TPSA) is 24.4 Å². The monoisotopic (exact) mass is 256 g/mol. The van der Waals surface area contributed by atoms with Crippen LogP contribution in [0.3, 0.4) is 0 Å². The molecule has 0 aliphatic carbocycles. The predicted octanol–water partition coefficient (Wildman–Crippen LogP) is 4.06. The maximum absolute atomic E-state index is 4.64. The Bertz CT molecular complexity index is 238. The number of nitrogens with one attached hydrogen (secondary N) is 1. The van der Waals surface area contributed by atoms with Crippen LogP contribution in [0, 0.1) is 5.92 Å². The Morgan fingerprint density at radius 2 is 2.06 bits per heavy atom. The van der Waals surface area contributed by atoms with Crippen molar-refractivity contribution in [3.05, 3.63) is 0 Å². The molecule has 0 spiro atoms. The van der Waals surface area contributed by atoms with Gasteiger partial charge in [0.1, 0.15) is 0 Å². The van der Waals surface area contributed by atoms with Crippen molar-refractivity contribution in [1.29, 1.82) is 0 Å². The molecule has 0 saturated heterocycles. The van der Waals surface area contributed by atoms with Crippen molar-refractivity contribution in [2.75, 3.05) is 6.54 Å². The molecule has 1 N–H and O–H groups in total. The second-order valence-electron chi connectivity index (χ2n) is 5.32. The van der Waals surface area contributed by atoms with Crippen LogP contribution in [0.2, 0.25) is 0 Å². The summed E-state index contributed by atoms with van der Waals surface area (Å²) in [6, 6.07) is 0.636. The summed E-state index contributed by atoms with van der Waals surface area (Å²) in [6.45, 7) is 10.1. The van der Waals surface area contributed by atoms with E-state index in [0.717, 1.165) is 12.5 Å². The fourth-order valence-electron chi connectivity index (χ4n) is 2.08. The Balaban J connectivity index is 2.35. The van der Waals surface area contributed by atoms with Crippen LogP contribution in [0.15, 0.2) is 4.99 Å². The lowest BCUT2D eigenvalue weighted by atomic mass is 10.1. The molecule has 0 radical (unpaired) electrons. The maximum atomic E-state index is 4.64. The van der Waals surface area contributed by atoms with Crippen LogP contribution < -0.4 is 5.32 Å². The van der Waals surface area contributed by atoms with Gasteiger partial charge in [0.05, 0.1) is 6.54 Å². The highest BCUT2D eigenvalue weighted by Crippen LogP contribution is 2.26. The Morgan fingerprint density at radius 3 is 2.59 bits per heavy atom. The molecule has 0 bridgehead atoms. The van der Waals surface area contributed by atoms with Crippen molar-refractivity contribution in [3.8, 4) is 0 Å². The van der Waals surface area contributed by atoms with Crippen LogP contribution in [-0.2, 0) is 0 Å². The van der Waals surface area contributed by atoms with Crippen molar-refractivity contribution < 1.29 is 0 Å². The summed E-state index contributed by atoms with van der Waals surface area (Å²) >= 11 is 1.95. The molecular formula is C14H28N2S. The highest BCUT2D eigenvalue weighted by molar-refractivity contribution is 8.14. The molecule has 1 rings (SSSR count). The smallest absolute Gasteiger partial charge is 0.157 e. The van der Waals surface area contributed by atoms with E-state index in [0.29, 0.717) is 11.3 Å². The number of nitrogens with zero attached hydrogens (tertiary/aromatic N) is 1. The van der Waals surface area contributed by atoms with E-state index in [-0.39, 0.29) is 0 Å². The summed E-state index contributed by atoms with van der Waals surface area (Å²) in [5, 5.41) is 5.53. The summed E-state index contributed by atoms with van der Waals surface area (Å²) < 4.78 is 0. The lowest BCUT2D eigenvalue weighted by molar-refractivity contribution is 0.497. The van der Waals surface area contributed by atoms with Crippen molar-refractivity contribution in [2.45, 2.75) is 71.1 Å². The van der Waals surface area contributed by atoms with Gasteiger partial charge in [-0.3, -0.25) is 4.99 Å². The molecule has 0 saturated carbocycles. The van der Waals surface area contributed by atoms with E-state index in [1.165, 1.54) is 37.3 Å². The van der Waals surface area contributed by atoms with Gasteiger partial charge in [-0.1, -0.05) is 58.7 Å². The fraction of sp³-hybridized carbons (Fsp3) is 0.929. The van der Waals surface area contributed by atoms with Crippen molar-refractivity contribution >= 4 is 16.9 Å². The van der Waals surface area contributed by atoms with Gasteiger partial charge in [0.15, 0.2) is 5.17 Å². The molecule has 0 amide bonds. The average molecular weight is 256 g/mol. The van der Waals surface area contributed by atoms with Gasteiger partial charge < -0.3 is 5.32 Å². The van der Waals surface area contributed by atoms with Crippen molar-refractivity contribution in [1.82, 2.24) is 5.32 Å². The minimum absolute atomic E-state index is 0.636. The summed E-state index contributed by atoms with van der Waals surface area (Å²) in [5.74, 6) is 0.725. The van der Waals surface area contributed by atoms with Crippen LogP contribution >= 0.6 is 11.8 Å². The van der Waals surface area contributed by atoms with Crippen LogP contribution in [0.4, 0.5) is 0 Å². The third-order valence-electron chi connectivity index (χ3n) is 3.29. The van der Waals surface area contributed by atoms with E-state index in [1.807, 2.05) is 11.8 Å². The fourth-order valence-corrected chi connectivity index (χ4v) is 3.17. The van der Waals surface area contributed by atoms with Gasteiger partial charge in [-0.2, -0.15) is 0 Å². The predicted molar refractivity (Wildman–Crippen MR) is 79.9 cm³/mol. The van der Waals surface area contributed by atoms with Gasteiger partial charge in [0.2, 0.25) is 0 Å². The molecule has 1 aliphatic heterocycles. The minimum Gasteiger partial charge on any atom is -0.362 e. The van der Waals surface area contributed by atoms with E-state index in [2.05, 4.69) is 38.0 Å². The molecule has 2 unspecified atom stereocenters. The van der Waals surface area contributed by atoms with Crippen molar-refractivity contribution in [2.24, 2.45) is 10.9 Å². The number of hydrogen-bond donors (Lipinski definition) is 1. The van der Waals surface area contributed by atoms with Crippen LogP contribution in [0.1, 0.15) is 59.8 Å². The minimum atomic E-state index is 0.636. The van der Waals surface area contributed by atoms with E-state index in [9.17, 15) is 0 Å². The first-order valence-corrected chi connectivity index (χ1v) is 8.02. The first kappa shape index (κ1) is 14.9. The van der Waals surface area contributed by atoms with Crippen LogP contribution in [-0.4, -0.2) is 23.0 Å². The quantitative estimate of drug-likeness (QED) is 0.743. The number of thioether (sulfide) groups is 1. The molecule has 0 aromatic heterocycles. The second-order valence-corrected chi connectivity index (χ2v) is 6.55. The molecule has 3 heteroatoms. The Labute approximate surface area is 111 Å². The Kier molecular flexibility index (Phi) is 7.02. The Hall–Kier alpha value is -0.180. The third-order valence-corrected chi connectivity index (χ3v) is 4.76. The van der Waals surface area contributed by atoms with Gasteiger partial charge >= 0.3 is 0 Å². The lowest BCUT2D eigenvalue weighted by Gasteiger charge is -2.19. The molecule has 2 nitrogen and oxygen atoms in total. The first-order valence-electron chi connectivity index (χ1n) is 7.15. The largest absolute Gasteiger partial charge is 0.362 e. The molecular weight excluding hydrogens is 228 g/mol. The summed E-state index contributed by atoms with van der Waals surface area (Å²) in [6.07, 6.45) is 6.43. The summed E-state index contributed by atoms with van der Waals surface area (Å²) in [4.78, 5) is 4.64. The number of aliphatic imine (C=N–C) groups is 1. The molecule has 100 valence electrons. The van der Waals surface area contributed by atoms with Gasteiger partial charge in [-0.15, -0.1) is 0 Å². The highest BCUT2D eigenvalue weighted by atomic mass is 32.2.